The molecule has 1 N–H and O–H groups in total. The van der Waals surface area contributed by atoms with Crippen LogP contribution in [0.1, 0.15) is 17.5 Å². The fraction of sp³-hybridized carbons (Fsp3) is 0.263. The largest absolute Gasteiger partial charge is 0.354 e. The average Bonchev–Trinajstić information content (AvgIpc) is 3.13. The number of carbonyl (C=O) groups excluding carboxylic acids is 1. The van der Waals surface area contributed by atoms with E-state index in [1.807, 2.05) is 6.07 Å². The molecule has 1 aromatic carbocycles. The number of benzene rings is 1. The van der Waals surface area contributed by atoms with Gasteiger partial charge in [-0.3, -0.25) is 14.7 Å². The number of pyridine rings is 1. The van der Waals surface area contributed by atoms with E-state index in [2.05, 4.69) is 20.4 Å². The molecule has 140 valence electrons. The summed E-state index contributed by atoms with van der Waals surface area (Å²) in [5.74, 6) is 0.143. The average molecular weight is 369 g/mol. The van der Waals surface area contributed by atoms with Gasteiger partial charge in [-0.25, -0.2) is 4.39 Å². The second-order valence-corrected chi connectivity index (χ2v) is 6.18. The van der Waals surface area contributed by atoms with Gasteiger partial charge in [-0.05, 0) is 32.3 Å². The number of hydrogen-bond donors (Lipinski definition) is 1. The molecule has 0 bridgehead atoms. The van der Waals surface area contributed by atoms with Crippen LogP contribution in [0.5, 0.6) is 0 Å². The number of carbonyl (C=O) groups is 1. The minimum atomic E-state index is -0.722. The van der Waals surface area contributed by atoms with Crippen molar-refractivity contribution in [3.8, 4) is 11.4 Å². The molecule has 2 heterocycles. The van der Waals surface area contributed by atoms with Gasteiger partial charge in [0.05, 0.1) is 0 Å². The van der Waals surface area contributed by atoms with Crippen LogP contribution in [0, 0.1) is 5.82 Å². The smallest absolute Gasteiger partial charge is 0.242 e. The second kappa shape index (κ2) is 8.50. The van der Waals surface area contributed by atoms with Gasteiger partial charge >= 0.3 is 0 Å². The summed E-state index contributed by atoms with van der Waals surface area (Å²) < 4.78 is 19.3. The summed E-state index contributed by atoms with van der Waals surface area (Å²) >= 11 is 0. The summed E-state index contributed by atoms with van der Waals surface area (Å²) in [4.78, 5) is 22.5. The zero-order chi connectivity index (χ0) is 19.2. The maximum atomic E-state index is 14.1. The highest BCUT2D eigenvalue weighted by Gasteiger charge is 2.25. The third-order valence-electron chi connectivity index (χ3n) is 3.99. The molecule has 3 rings (SSSR count). The molecule has 0 saturated heterocycles. The Balaban J connectivity index is 1.60. The first-order valence-corrected chi connectivity index (χ1v) is 8.48. The van der Waals surface area contributed by atoms with Gasteiger partial charge < -0.3 is 9.84 Å². The van der Waals surface area contributed by atoms with Gasteiger partial charge in [-0.2, -0.15) is 4.98 Å². The number of hydrogen-bond acceptors (Lipinski definition) is 6. The normalized spacial score (nSPS) is 12.1. The molecule has 0 aliphatic rings. The lowest BCUT2D eigenvalue weighted by molar-refractivity contribution is -0.125. The Morgan fingerprint density at radius 2 is 2.07 bits per heavy atom. The van der Waals surface area contributed by atoms with Crippen LogP contribution in [0.4, 0.5) is 4.39 Å². The summed E-state index contributed by atoms with van der Waals surface area (Å²) in [6, 6.07) is 9.16. The molecule has 0 aliphatic carbocycles. The monoisotopic (exact) mass is 369 g/mol. The van der Waals surface area contributed by atoms with Gasteiger partial charge in [-0.1, -0.05) is 23.4 Å². The Kier molecular flexibility index (Phi) is 5.87. The predicted molar refractivity (Wildman–Crippen MR) is 97.1 cm³/mol. The van der Waals surface area contributed by atoms with Gasteiger partial charge in [0, 0.05) is 36.5 Å². The first-order valence-electron chi connectivity index (χ1n) is 8.48. The molecule has 0 aliphatic heterocycles. The standard InChI is InChI=1S/C19H20FN5O2/c1-25(2)17(14-7-3-4-8-15(14)20)19(26)22-11-9-16-23-18(24-27-16)13-6-5-10-21-12-13/h3-8,10,12,17H,9,11H2,1-2H3,(H,22,26)/t17-/m0/s1. The summed E-state index contributed by atoms with van der Waals surface area (Å²) in [7, 11) is 3.46. The number of nitrogens with one attached hydrogen (secondary N) is 1. The topological polar surface area (TPSA) is 84.2 Å². The molecular formula is C19H20FN5O2. The van der Waals surface area contributed by atoms with Gasteiger partial charge in [0.2, 0.25) is 17.6 Å². The highest BCUT2D eigenvalue weighted by molar-refractivity contribution is 5.83. The fourth-order valence-electron chi connectivity index (χ4n) is 2.71. The molecule has 8 heteroatoms. The number of amides is 1. The van der Waals surface area contributed by atoms with Crippen LogP contribution in [0.3, 0.4) is 0 Å². The van der Waals surface area contributed by atoms with Crippen molar-refractivity contribution >= 4 is 5.91 Å². The molecule has 0 radical (unpaired) electrons. The zero-order valence-corrected chi connectivity index (χ0v) is 15.1. The van der Waals surface area contributed by atoms with E-state index < -0.39 is 11.9 Å². The van der Waals surface area contributed by atoms with Crippen molar-refractivity contribution < 1.29 is 13.7 Å². The van der Waals surface area contributed by atoms with E-state index in [9.17, 15) is 9.18 Å². The molecule has 3 aromatic rings. The van der Waals surface area contributed by atoms with Crippen LogP contribution in [0.15, 0.2) is 53.3 Å². The van der Waals surface area contributed by atoms with E-state index in [0.717, 1.165) is 5.56 Å². The molecule has 1 amide bonds. The Labute approximate surface area is 156 Å². The fourth-order valence-corrected chi connectivity index (χ4v) is 2.71. The van der Waals surface area contributed by atoms with Gasteiger partial charge in [0.25, 0.3) is 0 Å². The Bertz CT molecular complexity index is 898. The first kappa shape index (κ1) is 18.7. The number of aromatic nitrogens is 3. The van der Waals surface area contributed by atoms with Crippen LogP contribution in [-0.4, -0.2) is 46.6 Å². The maximum Gasteiger partial charge on any atom is 0.242 e. The number of nitrogens with zero attached hydrogens (tertiary/aromatic N) is 4. The third-order valence-corrected chi connectivity index (χ3v) is 3.99. The lowest BCUT2D eigenvalue weighted by Gasteiger charge is -2.24. The second-order valence-electron chi connectivity index (χ2n) is 6.18. The highest BCUT2D eigenvalue weighted by Crippen LogP contribution is 2.21. The number of rotatable bonds is 7. The summed E-state index contributed by atoms with van der Waals surface area (Å²) in [5, 5.41) is 6.71. The van der Waals surface area contributed by atoms with Crippen LogP contribution >= 0.6 is 0 Å². The van der Waals surface area contributed by atoms with E-state index >= 15 is 0 Å². The van der Waals surface area contributed by atoms with Gasteiger partial charge in [-0.15, -0.1) is 0 Å². The van der Waals surface area contributed by atoms with Crippen LogP contribution < -0.4 is 5.32 Å². The zero-order valence-electron chi connectivity index (χ0n) is 15.1. The van der Waals surface area contributed by atoms with Crippen molar-refractivity contribution in [1.29, 1.82) is 0 Å². The summed E-state index contributed by atoms with van der Waals surface area (Å²) in [6.07, 6.45) is 3.68. The van der Waals surface area contributed by atoms with Crippen molar-refractivity contribution in [2.45, 2.75) is 12.5 Å². The van der Waals surface area contributed by atoms with Crippen molar-refractivity contribution in [2.24, 2.45) is 0 Å². The third kappa shape index (κ3) is 4.53. The van der Waals surface area contributed by atoms with Crippen molar-refractivity contribution in [3.63, 3.8) is 0 Å². The quantitative estimate of drug-likeness (QED) is 0.688. The molecule has 7 nitrogen and oxygen atoms in total. The molecule has 0 fully saturated rings. The van der Waals surface area contributed by atoms with Crippen molar-refractivity contribution in [1.82, 2.24) is 25.3 Å². The number of halogens is 1. The van der Waals surface area contributed by atoms with Crippen LogP contribution in [0.2, 0.25) is 0 Å². The first-order chi connectivity index (χ1) is 13.1. The molecule has 0 saturated carbocycles. The van der Waals surface area contributed by atoms with E-state index in [0.29, 0.717) is 30.2 Å². The van der Waals surface area contributed by atoms with Crippen molar-refractivity contribution in [2.75, 3.05) is 20.6 Å². The molecule has 0 unspecified atom stereocenters. The van der Waals surface area contributed by atoms with E-state index in [1.54, 1.807) is 55.7 Å². The molecule has 2 aromatic heterocycles. The highest BCUT2D eigenvalue weighted by atomic mass is 19.1. The Morgan fingerprint density at radius 1 is 1.26 bits per heavy atom. The lowest BCUT2D eigenvalue weighted by Crippen LogP contribution is -2.38. The van der Waals surface area contributed by atoms with Gasteiger partial charge in [0.1, 0.15) is 11.9 Å². The molecule has 1 atom stereocenters. The van der Waals surface area contributed by atoms with E-state index in [4.69, 9.17) is 4.52 Å². The van der Waals surface area contributed by atoms with Crippen molar-refractivity contribution in [3.05, 3.63) is 66.1 Å². The lowest BCUT2D eigenvalue weighted by atomic mass is 10.0. The molecule has 27 heavy (non-hydrogen) atoms. The van der Waals surface area contributed by atoms with Crippen LogP contribution in [-0.2, 0) is 11.2 Å². The van der Waals surface area contributed by atoms with E-state index in [-0.39, 0.29) is 5.91 Å². The Hall–Kier alpha value is -3.13. The molecular weight excluding hydrogens is 349 g/mol. The Morgan fingerprint density at radius 3 is 2.78 bits per heavy atom. The minimum absolute atomic E-state index is 0.294. The summed E-state index contributed by atoms with van der Waals surface area (Å²) in [5.41, 5.74) is 1.08. The summed E-state index contributed by atoms with van der Waals surface area (Å²) in [6.45, 7) is 0.298. The molecule has 0 spiro atoms. The SMILES string of the molecule is CN(C)[C@H](C(=O)NCCc1nc(-c2cccnc2)no1)c1ccccc1F. The predicted octanol–water partition coefficient (Wildman–Crippen LogP) is 2.23. The van der Waals surface area contributed by atoms with Crippen LogP contribution in [0.25, 0.3) is 11.4 Å². The minimum Gasteiger partial charge on any atom is -0.354 e. The maximum absolute atomic E-state index is 14.1. The van der Waals surface area contributed by atoms with E-state index in [1.165, 1.54) is 6.07 Å². The number of likely N-dealkylation sites (N-methyl/N-ethyl adjacent to an activating group) is 1. The van der Waals surface area contributed by atoms with Gasteiger partial charge in [0.15, 0.2) is 0 Å².